The zero-order valence-electron chi connectivity index (χ0n) is 8.21. The van der Waals surface area contributed by atoms with E-state index in [9.17, 15) is 0 Å². The molecule has 0 radical (unpaired) electrons. The molecule has 0 unspecified atom stereocenters. The first-order valence-corrected chi connectivity index (χ1v) is 6.97. The van der Waals surface area contributed by atoms with E-state index in [0.717, 1.165) is 0 Å². The second-order valence-corrected chi connectivity index (χ2v) is 6.22. The van der Waals surface area contributed by atoms with Crippen LogP contribution in [0.25, 0.3) is 0 Å². The molecule has 0 saturated heterocycles. The number of allylic oxidation sites excluding steroid dienone is 4. The molecule has 1 rings (SSSR count). The number of hydrogen-bond donors (Lipinski definition) is 0. The maximum absolute atomic E-state index is 6.07. The van der Waals surface area contributed by atoms with Crippen molar-refractivity contribution in [2.24, 2.45) is 0 Å². The molecule has 0 atom stereocenters. The van der Waals surface area contributed by atoms with E-state index in [2.05, 4.69) is 34.6 Å². The predicted octanol–water partition coefficient (Wildman–Crippen LogP) is 4.09. The first-order valence-electron chi connectivity index (χ1n) is 4.04. The Bertz CT molecular complexity index is 250. The van der Waals surface area contributed by atoms with Crippen LogP contribution in [0.3, 0.4) is 0 Å². The summed E-state index contributed by atoms with van der Waals surface area (Å²) in [5.41, 5.74) is 5.83. The van der Waals surface area contributed by atoms with Crippen LogP contribution in [-0.2, 0) is 16.1 Å². The molecule has 0 saturated carbocycles. The van der Waals surface area contributed by atoms with Gasteiger partial charge in [-0.15, -0.1) is 0 Å². The van der Waals surface area contributed by atoms with Gasteiger partial charge in [-0.1, -0.05) is 0 Å². The van der Waals surface area contributed by atoms with E-state index in [4.69, 9.17) is 9.69 Å². The molecule has 0 spiro atoms. The standard InChI is InChI=1S/C10H15.ClH.Rh/c1-6-7(2)9(4)10(5)8(6)3;;/h1-5H3;1H;/q;;+2/p-1. The third-order valence-corrected chi connectivity index (χ3v) is 6.53. The predicted molar refractivity (Wildman–Crippen MR) is 51.0 cm³/mol. The summed E-state index contributed by atoms with van der Waals surface area (Å²) >= 11 is 0.0881. The fourth-order valence-corrected chi connectivity index (χ4v) is 3.82. The fraction of sp³-hybridized carbons (Fsp3) is 0.600. The van der Waals surface area contributed by atoms with E-state index in [1.54, 1.807) is 0 Å². The van der Waals surface area contributed by atoms with Crippen molar-refractivity contribution < 1.29 is 16.1 Å². The van der Waals surface area contributed by atoms with Gasteiger partial charge in [0.2, 0.25) is 0 Å². The van der Waals surface area contributed by atoms with Gasteiger partial charge in [-0.25, -0.2) is 0 Å². The van der Waals surface area contributed by atoms with Gasteiger partial charge in [0, 0.05) is 0 Å². The van der Waals surface area contributed by atoms with E-state index in [1.165, 1.54) is 22.3 Å². The Labute approximate surface area is 86.7 Å². The van der Waals surface area contributed by atoms with Crippen LogP contribution in [0.4, 0.5) is 0 Å². The summed E-state index contributed by atoms with van der Waals surface area (Å²) in [5, 5.41) is 0. The Morgan fingerprint density at radius 1 is 1.00 bits per heavy atom. The van der Waals surface area contributed by atoms with Crippen LogP contribution in [0, 0.1) is 0 Å². The second-order valence-electron chi connectivity index (χ2n) is 3.52. The molecular weight excluding hydrogens is 258 g/mol. The van der Waals surface area contributed by atoms with Crippen molar-refractivity contribution in [1.82, 2.24) is 0 Å². The van der Waals surface area contributed by atoms with Gasteiger partial charge in [-0.3, -0.25) is 0 Å². The van der Waals surface area contributed by atoms with Crippen molar-refractivity contribution in [2.75, 3.05) is 0 Å². The molecule has 70 valence electrons. The van der Waals surface area contributed by atoms with Crippen LogP contribution in [0.15, 0.2) is 22.3 Å². The van der Waals surface area contributed by atoms with Gasteiger partial charge < -0.3 is 0 Å². The molecule has 0 N–H and O–H groups in total. The Kier molecular flexibility index (Phi) is 2.86. The van der Waals surface area contributed by atoms with Gasteiger partial charge in [0.1, 0.15) is 0 Å². The van der Waals surface area contributed by atoms with Crippen molar-refractivity contribution in [3.8, 4) is 0 Å². The van der Waals surface area contributed by atoms with Gasteiger partial charge in [-0.2, -0.15) is 0 Å². The van der Waals surface area contributed by atoms with E-state index in [-0.39, 0.29) is 20.1 Å². The molecule has 0 fully saturated rings. The molecule has 0 nitrogen and oxygen atoms in total. The Morgan fingerprint density at radius 3 is 1.50 bits per heavy atom. The van der Waals surface area contributed by atoms with Crippen molar-refractivity contribution in [2.45, 2.75) is 38.6 Å². The molecule has 2 heteroatoms. The second kappa shape index (κ2) is 3.27. The van der Waals surface area contributed by atoms with Crippen LogP contribution in [0.2, 0.25) is 4.01 Å². The van der Waals surface area contributed by atoms with Crippen LogP contribution in [-0.4, -0.2) is 0 Å². The number of hydrogen-bond acceptors (Lipinski definition) is 0. The topological polar surface area (TPSA) is 0 Å². The summed E-state index contributed by atoms with van der Waals surface area (Å²) in [6, 6.07) is 0. The van der Waals surface area contributed by atoms with Gasteiger partial charge in [0.25, 0.3) is 0 Å². The molecule has 12 heavy (non-hydrogen) atoms. The summed E-state index contributed by atoms with van der Waals surface area (Å²) in [6.45, 7) is 11.1. The van der Waals surface area contributed by atoms with Gasteiger partial charge in [0.05, 0.1) is 0 Å². The van der Waals surface area contributed by atoms with Gasteiger partial charge in [-0.05, 0) is 0 Å². The molecule has 0 bridgehead atoms. The van der Waals surface area contributed by atoms with Crippen LogP contribution in [0.5, 0.6) is 0 Å². The zero-order valence-corrected chi connectivity index (χ0v) is 10.6. The molecule has 0 heterocycles. The summed E-state index contributed by atoms with van der Waals surface area (Å²) in [4.78, 5) is 0. The van der Waals surface area contributed by atoms with E-state index in [0.29, 0.717) is 0 Å². The van der Waals surface area contributed by atoms with Crippen molar-refractivity contribution in [3.05, 3.63) is 22.3 Å². The minimum absolute atomic E-state index is 0.0881. The molecule has 1 aliphatic rings. The molecule has 1 aliphatic carbocycles. The first-order chi connectivity index (χ1) is 5.45. The zero-order chi connectivity index (χ0) is 9.52. The molecule has 0 aliphatic heterocycles. The SMILES string of the molecule is CC1=C(C)[C](C)([Rh+][Cl])C(C)=C1C. The monoisotopic (exact) mass is 273 g/mol. The quantitative estimate of drug-likeness (QED) is 0.631. The number of rotatable bonds is 1. The van der Waals surface area contributed by atoms with Crippen molar-refractivity contribution in [3.63, 3.8) is 0 Å². The van der Waals surface area contributed by atoms with Gasteiger partial charge in [0.15, 0.2) is 0 Å². The van der Waals surface area contributed by atoms with E-state index in [1.807, 2.05) is 0 Å². The normalized spacial score (nSPS) is 22.8. The van der Waals surface area contributed by atoms with Crippen molar-refractivity contribution in [1.29, 1.82) is 0 Å². The third kappa shape index (κ3) is 1.22. The molecule has 0 amide bonds. The summed E-state index contributed by atoms with van der Waals surface area (Å²) in [6.07, 6.45) is 0. The Morgan fingerprint density at radius 2 is 1.33 bits per heavy atom. The minimum atomic E-state index is 0.0881. The average molecular weight is 274 g/mol. The summed E-state index contributed by atoms with van der Waals surface area (Å²) in [5.74, 6) is 0. The average Bonchev–Trinajstić information content (AvgIpc) is 2.22. The molecule has 0 aromatic carbocycles. The first kappa shape index (κ1) is 10.5. The molecular formula is C10H15ClRh+. The molecule has 0 aromatic rings. The maximum atomic E-state index is 6.07. The summed E-state index contributed by atoms with van der Waals surface area (Å²) in [7, 11) is 6.07. The Balaban J connectivity index is 3.25. The van der Waals surface area contributed by atoms with E-state index < -0.39 is 0 Å². The Hall–Kier alpha value is 0.393. The number of halogens is 1. The van der Waals surface area contributed by atoms with Crippen LogP contribution >= 0.6 is 9.69 Å². The van der Waals surface area contributed by atoms with Crippen LogP contribution in [0.1, 0.15) is 34.6 Å². The fourth-order valence-electron chi connectivity index (χ4n) is 1.63. The van der Waals surface area contributed by atoms with Crippen LogP contribution < -0.4 is 0 Å². The van der Waals surface area contributed by atoms with E-state index >= 15 is 0 Å². The van der Waals surface area contributed by atoms with Gasteiger partial charge >= 0.3 is 86.7 Å². The third-order valence-electron chi connectivity index (χ3n) is 3.19. The van der Waals surface area contributed by atoms with Crippen molar-refractivity contribution >= 4 is 9.69 Å². The molecule has 0 aromatic heterocycles. The summed E-state index contributed by atoms with van der Waals surface area (Å²) < 4.78 is 0.191.